The van der Waals surface area contributed by atoms with Crippen LogP contribution in [-0.2, 0) is 76.8 Å². The quantitative estimate of drug-likeness (QED) is 0.0317. The van der Waals surface area contributed by atoms with Crippen molar-refractivity contribution in [1.82, 2.24) is 40.0 Å². The van der Waals surface area contributed by atoms with Crippen molar-refractivity contribution in [3.63, 3.8) is 0 Å². The molecule has 3 heterocycles. The number of carbonyl (C=O) groups excluding carboxylic acids is 6. The molecule has 22 heteroatoms. The molecule has 0 bridgehead atoms. The van der Waals surface area contributed by atoms with E-state index in [-0.39, 0.29) is 101 Å². The number of hydrogen-bond acceptors (Lipinski definition) is 14. The van der Waals surface area contributed by atoms with Gasteiger partial charge in [0, 0.05) is 98.0 Å². The van der Waals surface area contributed by atoms with Crippen molar-refractivity contribution in [3.8, 4) is 0 Å². The number of hydrogen-bond donors (Lipinski definition) is 5. The van der Waals surface area contributed by atoms with E-state index in [9.17, 15) is 41.9 Å². The molecule has 19 nitrogen and oxygen atoms in total. The van der Waals surface area contributed by atoms with Crippen molar-refractivity contribution in [2.45, 2.75) is 153 Å². The van der Waals surface area contributed by atoms with Gasteiger partial charge in [-0.1, -0.05) is 165 Å². The molecule has 5 amide bonds. The van der Waals surface area contributed by atoms with Crippen LogP contribution < -0.4 is 27.8 Å². The smallest absolute Gasteiger partial charge is 0.302 e. The highest BCUT2D eigenvalue weighted by molar-refractivity contribution is 5.87. The van der Waals surface area contributed by atoms with Crippen LogP contribution in [0, 0.1) is 17.5 Å². The van der Waals surface area contributed by atoms with Crippen LogP contribution in [0.15, 0.2) is 188 Å². The van der Waals surface area contributed by atoms with Gasteiger partial charge >= 0.3 is 5.97 Å². The van der Waals surface area contributed by atoms with Crippen LogP contribution in [-0.4, -0.2) is 211 Å². The molecule has 582 valence electrons. The van der Waals surface area contributed by atoms with Crippen LogP contribution in [0.2, 0.25) is 0 Å². The molecular weight excluding hydrogens is 1380 g/mol. The standard InChI is InChI=1S/C30H37FN4O2.C29H40FN3O4.C28H33FN4O2/c1-3-6-26-20-34(15-16-35(26)30(37)27(32)18-21-10-13-25(31)14-11-21)28(29(36)33-2)19-22-9-12-23-7-4-5-8-24(23)17-22;1-21(34)36-19-25(16-22-8-6-5-7-9-22)32-14-15-33(26(18-32)20-37-29(2,3)4)28(35)27(31)17-23-10-12-24(30)13-11-23;1-19-18-32(13-14-33(19)28(35)25(30)16-20-8-11-24(29)12-9-20)26(27(34)31-2)17-21-7-10-22-5-3-4-6-23(22)15-21/h4-5,7-14,17,26-28H,3,6,15-16,18-20,32H2,1-2H3,(H,33,36);5-13,25-27H,14-20,31H2,1-4H3;3-12,15,19,25-26H,13-14,16-18,30H2,1-2H3,(H,31,34). The lowest BCUT2D eigenvalue weighted by Gasteiger charge is -2.45. The third-order valence-corrected chi connectivity index (χ3v) is 20.7. The molecular formula is C87H110F3N11O8. The van der Waals surface area contributed by atoms with Crippen molar-refractivity contribution in [2.75, 3.05) is 86.2 Å². The number of amides is 5. The molecule has 109 heavy (non-hydrogen) atoms. The highest BCUT2D eigenvalue weighted by Crippen LogP contribution is 2.27. The summed E-state index contributed by atoms with van der Waals surface area (Å²) in [7, 11) is 3.33. The van der Waals surface area contributed by atoms with Crippen molar-refractivity contribution in [3.05, 3.63) is 239 Å². The van der Waals surface area contributed by atoms with Gasteiger partial charge in [-0.25, -0.2) is 13.2 Å². The maximum atomic E-state index is 13.5. The second-order valence-electron chi connectivity index (χ2n) is 29.9. The minimum Gasteiger partial charge on any atom is -0.464 e. The van der Waals surface area contributed by atoms with Crippen LogP contribution in [0.25, 0.3) is 21.5 Å². The molecule has 3 aliphatic heterocycles. The Labute approximate surface area is 640 Å². The van der Waals surface area contributed by atoms with Gasteiger partial charge in [-0.2, -0.15) is 0 Å². The number of ether oxygens (including phenoxy) is 2. The number of fused-ring (bicyclic) bond motifs is 2. The van der Waals surface area contributed by atoms with E-state index in [2.05, 4.69) is 105 Å². The van der Waals surface area contributed by atoms with Crippen molar-refractivity contribution >= 4 is 57.1 Å². The van der Waals surface area contributed by atoms with E-state index in [1.165, 1.54) is 54.1 Å². The lowest BCUT2D eigenvalue weighted by molar-refractivity contribution is -0.146. The predicted octanol–water partition coefficient (Wildman–Crippen LogP) is 9.46. The number of nitrogens with one attached hydrogen (secondary N) is 2. The predicted molar refractivity (Wildman–Crippen MR) is 423 cm³/mol. The first-order valence-corrected chi connectivity index (χ1v) is 38.1. The van der Waals surface area contributed by atoms with Crippen LogP contribution in [0.3, 0.4) is 0 Å². The monoisotopic (exact) mass is 1490 g/mol. The minimum absolute atomic E-state index is 0.0174. The number of carbonyl (C=O) groups is 6. The van der Waals surface area contributed by atoms with Gasteiger partial charge in [0.25, 0.3) is 0 Å². The molecule has 11 rings (SSSR count). The van der Waals surface area contributed by atoms with Gasteiger partial charge in [0.05, 0.1) is 48.5 Å². The van der Waals surface area contributed by atoms with E-state index < -0.39 is 18.1 Å². The number of rotatable bonds is 26. The second-order valence-corrected chi connectivity index (χ2v) is 29.9. The van der Waals surface area contributed by atoms with E-state index >= 15 is 0 Å². The fraction of sp³-hybridized carbons (Fsp3) is 0.425. The number of benzene rings is 8. The normalized spacial score (nSPS) is 18.2. The second kappa shape index (κ2) is 40.3. The van der Waals surface area contributed by atoms with Gasteiger partial charge in [0.2, 0.25) is 29.5 Å². The summed E-state index contributed by atoms with van der Waals surface area (Å²) in [4.78, 5) is 89.6. The molecule has 3 fully saturated rings. The molecule has 9 atom stereocenters. The summed E-state index contributed by atoms with van der Waals surface area (Å²) in [5, 5.41) is 10.3. The summed E-state index contributed by atoms with van der Waals surface area (Å²) in [6.07, 6.45) is 4.72. The van der Waals surface area contributed by atoms with E-state index in [1.807, 2.05) is 84.9 Å². The number of piperazine rings is 3. The van der Waals surface area contributed by atoms with E-state index in [4.69, 9.17) is 26.7 Å². The Kier molecular flexibility index (Phi) is 31.0. The molecule has 0 saturated carbocycles. The highest BCUT2D eigenvalue weighted by Gasteiger charge is 2.40. The Morgan fingerprint density at radius 2 is 0.835 bits per heavy atom. The first kappa shape index (κ1) is 83.6. The molecule has 3 saturated heterocycles. The lowest BCUT2D eigenvalue weighted by Crippen LogP contribution is -2.62. The maximum Gasteiger partial charge on any atom is 0.302 e. The average Bonchev–Trinajstić information content (AvgIpc) is 0.814. The van der Waals surface area contributed by atoms with Crippen molar-refractivity contribution in [1.29, 1.82) is 0 Å². The molecule has 8 N–H and O–H groups in total. The SMILES string of the molecule is CC(=O)OCC(Cc1ccccc1)N1CCN(C(=O)C(N)Cc2ccc(F)cc2)C(COC(C)(C)C)C1.CCCC1CN(C(Cc2ccc3ccccc3c2)C(=O)NC)CCN1C(=O)C(N)Cc1ccc(F)cc1.CNC(=O)C(Cc1ccc2ccccc2c1)N1CCN(C(=O)C(N)Cc2ccc(F)cc2)C(C)C1. The zero-order valence-electron chi connectivity index (χ0n) is 64.3. The topological polar surface area (TPSA) is 242 Å². The zero-order chi connectivity index (χ0) is 78.3. The van der Waals surface area contributed by atoms with Crippen LogP contribution in [0.4, 0.5) is 13.2 Å². The summed E-state index contributed by atoms with van der Waals surface area (Å²) in [6, 6.07) is 54.3. The largest absolute Gasteiger partial charge is 0.464 e. The Morgan fingerprint density at radius 1 is 0.459 bits per heavy atom. The highest BCUT2D eigenvalue weighted by atomic mass is 19.1. The molecule has 0 aromatic heterocycles. The van der Waals surface area contributed by atoms with Crippen LogP contribution in [0.1, 0.15) is 87.8 Å². The third kappa shape index (κ3) is 24.6. The number of nitrogens with two attached hydrogens (primary N) is 3. The number of esters is 1. The van der Waals surface area contributed by atoms with Gasteiger partial charge in [-0.05, 0) is 164 Å². The van der Waals surface area contributed by atoms with Gasteiger partial charge in [0.1, 0.15) is 24.1 Å². The Balaban J connectivity index is 0.000000188. The first-order valence-electron chi connectivity index (χ1n) is 38.1. The number of nitrogens with zero attached hydrogens (tertiary/aromatic N) is 6. The zero-order valence-corrected chi connectivity index (χ0v) is 64.3. The molecule has 0 radical (unpaired) electrons. The average molecular weight is 1490 g/mol. The third-order valence-electron chi connectivity index (χ3n) is 20.7. The van der Waals surface area contributed by atoms with Gasteiger partial charge in [-0.15, -0.1) is 0 Å². The van der Waals surface area contributed by atoms with Crippen molar-refractivity contribution in [2.24, 2.45) is 17.2 Å². The molecule has 8 aromatic carbocycles. The van der Waals surface area contributed by atoms with E-state index in [1.54, 1.807) is 50.5 Å². The molecule has 9 unspecified atom stereocenters. The molecule has 8 aromatic rings. The van der Waals surface area contributed by atoms with E-state index in [0.29, 0.717) is 97.6 Å². The Hall–Kier alpha value is -9.39. The number of halogens is 3. The lowest BCUT2D eigenvalue weighted by atomic mass is 9.97. The Bertz CT molecular complexity index is 4270. The molecule has 0 aliphatic carbocycles. The summed E-state index contributed by atoms with van der Waals surface area (Å²) in [5.74, 6) is -1.66. The van der Waals surface area contributed by atoms with Gasteiger partial charge < -0.3 is 52.0 Å². The Morgan fingerprint density at radius 3 is 1.26 bits per heavy atom. The van der Waals surface area contributed by atoms with Crippen molar-refractivity contribution < 1.29 is 51.4 Å². The number of likely N-dealkylation sites (N-methyl/N-ethyl adjacent to an activating group) is 2. The summed E-state index contributed by atoms with van der Waals surface area (Å²) in [5.41, 5.74) is 24.4. The van der Waals surface area contributed by atoms with Gasteiger partial charge in [-0.3, -0.25) is 43.5 Å². The maximum absolute atomic E-state index is 13.5. The van der Waals surface area contributed by atoms with E-state index in [0.717, 1.165) is 63.4 Å². The first-order chi connectivity index (χ1) is 52.3. The van der Waals surface area contributed by atoms with Crippen LogP contribution in [0.5, 0.6) is 0 Å². The fourth-order valence-electron chi connectivity index (χ4n) is 14.8. The van der Waals surface area contributed by atoms with Crippen LogP contribution >= 0.6 is 0 Å². The molecule has 3 aliphatic rings. The minimum atomic E-state index is -0.740. The van der Waals surface area contributed by atoms with Gasteiger partial charge in [0.15, 0.2) is 0 Å². The fourth-order valence-corrected chi connectivity index (χ4v) is 14.8. The molecule has 0 spiro atoms. The summed E-state index contributed by atoms with van der Waals surface area (Å²) in [6.45, 7) is 17.2. The summed E-state index contributed by atoms with van der Waals surface area (Å²) >= 11 is 0. The summed E-state index contributed by atoms with van der Waals surface area (Å²) < 4.78 is 51.3.